The molecule has 122 valence electrons. The number of thioether (sulfide) groups is 1. The lowest BCUT2D eigenvalue weighted by atomic mass is 10.1. The number of anilines is 1. The number of amides is 1. The van der Waals surface area contributed by atoms with Crippen molar-refractivity contribution in [2.45, 2.75) is 13.3 Å². The topological polar surface area (TPSA) is 118 Å². The van der Waals surface area contributed by atoms with E-state index < -0.39 is 16.6 Å². The van der Waals surface area contributed by atoms with Gasteiger partial charge in [0.15, 0.2) is 5.12 Å². The lowest BCUT2D eigenvalue weighted by Crippen LogP contribution is -2.25. The van der Waals surface area contributed by atoms with Crippen LogP contribution in [-0.4, -0.2) is 39.3 Å². The zero-order valence-electron chi connectivity index (χ0n) is 12.2. The fourth-order valence-electron chi connectivity index (χ4n) is 2.39. The van der Waals surface area contributed by atoms with Gasteiger partial charge in [-0.25, -0.2) is 4.79 Å². The van der Waals surface area contributed by atoms with Gasteiger partial charge < -0.3 is 10.0 Å². The molecule has 1 heterocycles. The van der Waals surface area contributed by atoms with Crippen LogP contribution in [0.1, 0.15) is 23.7 Å². The van der Waals surface area contributed by atoms with Gasteiger partial charge >= 0.3 is 5.97 Å². The first-order chi connectivity index (χ1) is 10.8. The van der Waals surface area contributed by atoms with E-state index in [0.717, 1.165) is 17.8 Å². The van der Waals surface area contributed by atoms with E-state index in [0.29, 0.717) is 5.75 Å². The zero-order chi connectivity index (χ0) is 17.1. The van der Waals surface area contributed by atoms with E-state index in [4.69, 9.17) is 5.11 Å². The summed E-state index contributed by atoms with van der Waals surface area (Å²) >= 11 is 1.12. The van der Waals surface area contributed by atoms with Gasteiger partial charge in [0.2, 0.25) is 5.91 Å². The maximum absolute atomic E-state index is 12.1. The Morgan fingerprint density at radius 3 is 2.74 bits per heavy atom. The highest BCUT2D eigenvalue weighted by molar-refractivity contribution is 8.13. The van der Waals surface area contributed by atoms with Crippen molar-refractivity contribution >= 4 is 40.1 Å². The van der Waals surface area contributed by atoms with Crippen LogP contribution in [0.25, 0.3) is 0 Å². The summed E-state index contributed by atoms with van der Waals surface area (Å²) in [6.07, 6.45) is 0.206. The molecule has 2 rings (SSSR count). The van der Waals surface area contributed by atoms with E-state index in [-0.39, 0.29) is 41.2 Å². The van der Waals surface area contributed by atoms with Gasteiger partial charge in [-0.05, 0) is 18.1 Å². The molecule has 1 aliphatic heterocycles. The Kier molecular flexibility index (Phi) is 4.99. The number of nitro benzene ring substituents is 1. The minimum atomic E-state index is -1.27. The van der Waals surface area contributed by atoms with E-state index in [2.05, 4.69) is 0 Å². The number of nitro groups is 1. The Balaban J connectivity index is 2.27. The number of hydrogen-bond acceptors (Lipinski definition) is 6. The third-order valence-electron chi connectivity index (χ3n) is 3.44. The second kappa shape index (κ2) is 6.78. The number of carbonyl (C=O) groups excluding carboxylic acids is 2. The zero-order valence-corrected chi connectivity index (χ0v) is 13.0. The van der Waals surface area contributed by atoms with Gasteiger partial charge in [-0.1, -0.05) is 11.8 Å². The highest BCUT2D eigenvalue weighted by atomic mass is 32.2. The molecule has 1 saturated heterocycles. The average Bonchev–Trinajstić information content (AvgIpc) is 2.85. The molecule has 0 spiro atoms. The first-order valence-electron chi connectivity index (χ1n) is 6.75. The largest absolute Gasteiger partial charge is 0.478 e. The molecule has 0 radical (unpaired) electrons. The van der Waals surface area contributed by atoms with Crippen molar-refractivity contribution in [3.05, 3.63) is 33.9 Å². The molecule has 1 N–H and O–H groups in total. The Morgan fingerprint density at radius 1 is 1.48 bits per heavy atom. The molecule has 1 aliphatic rings. The summed E-state index contributed by atoms with van der Waals surface area (Å²) in [6.45, 7) is 1.71. The summed E-state index contributed by atoms with van der Waals surface area (Å²) in [7, 11) is 0. The number of carboxylic acids is 1. The van der Waals surface area contributed by atoms with Crippen LogP contribution in [0.15, 0.2) is 18.2 Å². The number of nitrogens with zero attached hydrogens (tertiary/aromatic N) is 2. The fraction of sp³-hybridized carbons (Fsp3) is 0.357. The number of aromatic carboxylic acids is 1. The van der Waals surface area contributed by atoms with Gasteiger partial charge in [0, 0.05) is 31.7 Å². The molecule has 1 fully saturated rings. The Hall–Kier alpha value is -2.42. The van der Waals surface area contributed by atoms with Crippen LogP contribution in [0.2, 0.25) is 0 Å². The Morgan fingerprint density at radius 2 is 2.17 bits per heavy atom. The monoisotopic (exact) mass is 338 g/mol. The van der Waals surface area contributed by atoms with Crippen molar-refractivity contribution in [3.63, 3.8) is 0 Å². The Bertz CT molecular complexity index is 690. The summed E-state index contributed by atoms with van der Waals surface area (Å²) in [6, 6.07) is 3.46. The molecule has 0 aliphatic carbocycles. The molecular weight excluding hydrogens is 324 g/mol. The number of rotatable bonds is 5. The minimum absolute atomic E-state index is 0.0484. The lowest BCUT2D eigenvalue weighted by Gasteiger charge is -2.17. The van der Waals surface area contributed by atoms with Crippen LogP contribution in [-0.2, 0) is 9.59 Å². The maximum Gasteiger partial charge on any atom is 0.335 e. The molecular formula is C14H14N2O6S. The van der Waals surface area contributed by atoms with Crippen LogP contribution < -0.4 is 4.90 Å². The number of benzene rings is 1. The quantitative estimate of drug-likeness (QED) is 0.643. The van der Waals surface area contributed by atoms with Crippen molar-refractivity contribution in [1.82, 2.24) is 0 Å². The Labute approximate surface area is 135 Å². The van der Waals surface area contributed by atoms with Gasteiger partial charge in [0.25, 0.3) is 5.69 Å². The highest BCUT2D eigenvalue weighted by Crippen LogP contribution is 2.34. The van der Waals surface area contributed by atoms with E-state index in [9.17, 15) is 24.5 Å². The fourth-order valence-corrected chi connectivity index (χ4v) is 3.09. The second-order valence-electron chi connectivity index (χ2n) is 5.14. The first-order valence-corrected chi connectivity index (χ1v) is 7.73. The second-order valence-corrected chi connectivity index (χ2v) is 6.34. The van der Waals surface area contributed by atoms with Crippen LogP contribution in [0, 0.1) is 16.0 Å². The standard InChI is InChI=1S/C14H14N2O6S/c1-8(17)23-7-9-4-13(18)15(6-9)11-3-2-10(14(19)20)5-12(11)16(21)22/h2-3,5,9H,4,6-7H2,1H3,(H,19,20). The summed E-state index contributed by atoms with van der Waals surface area (Å²) in [5.41, 5.74) is -0.547. The highest BCUT2D eigenvalue weighted by Gasteiger charge is 2.34. The molecule has 1 aromatic carbocycles. The van der Waals surface area contributed by atoms with Crippen molar-refractivity contribution in [2.24, 2.45) is 5.92 Å². The predicted octanol–water partition coefficient (Wildman–Crippen LogP) is 1.93. The molecule has 0 aromatic heterocycles. The van der Waals surface area contributed by atoms with Gasteiger partial charge in [-0.2, -0.15) is 0 Å². The van der Waals surface area contributed by atoms with Crippen LogP contribution in [0.5, 0.6) is 0 Å². The van der Waals surface area contributed by atoms with Crippen molar-refractivity contribution in [1.29, 1.82) is 0 Å². The molecule has 0 bridgehead atoms. The normalized spacial score (nSPS) is 17.3. The summed E-state index contributed by atoms with van der Waals surface area (Å²) in [5, 5.41) is 20.1. The summed E-state index contributed by atoms with van der Waals surface area (Å²) in [5.74, 6) is -1.15. The molecule has 1 aromatic rings. The molecule has 9 heteroatoms. The van der Waals surface area contributed by atoms with Crippen molar-refractivity contribution in [3.8, 4) is 0 Å². The molecule has 8 nitrogen and oxygen atoms in total. The third-order valence-corrected chi connectivity index (χ3v) is 4.48. The van der Waals surface area contributed by atoms with E-state index in [1.165, 1.54) is 24.0 Å². The number of carbonyl (C=O) groups is 3. The van der Waals surface area contributed by atoms with Crippen LogP contribution in [0.3, 0.4) is 0 Å². The van der Waals surface area contributed by atoms with Gasteiger partial charge in [0.05, 0.1) is 10.5 Å². The SMILES string of the molecule is CC(=O)SCC1CC(=O)N(c2ccc(C(=O)O)cc2[N+](=O)[O-])C1. The third kappa shape index (κ3) is 3.86. The van der Waals surface area contributed by atoms with E-state index in [1.54, 1.807) is 0 Å². The molecule has 1 unspecified atom stereocenters. The molecule has 1 amide bonds. The maximum atomic E-state index is 12.1. The van der Waals surface area contributed by atoms with Crippen LogP contribution in [0.4, 0.5) is 11.4 Å². The van der Waals surface area contributed by atoms with Crippen molar-refractivity contribution in [2.75, 3.05) is 17.2 Å². The van der Waals surface area contributed by atoms with Crippen LogP contribution >= 0.6 is 11.8 Å². The first kappa shape index (κ1) is 16.9. The summed E-state index contributed by atoms with van der Waals surface area (Å²) in [4.78, 5) is 45.8. The average molecular weight is 338 g/mol. The minimum Gasteiger partial charge on any atom is -0.478 e. The smallest absolute Gasteiger partial charge is 0.335 e. The summed E-state index contributed by atoms with van der Waals surface area (Å²) < 4.78 is 0. The van der Waals surface area contributed by atoms with E-state index >= 15 is 0 Å². The number of carboxylic acid groups (broad SMARTS) is 1. The van der Waals surface area contributed by atoms with Gasteiger partial charge in [0.1, 0.15) is 5.69 Å². The predicted molar refractivity (Wildman–Crippen MR) is 83.7 cm³/mol. The van der Waals surface area contributed by atoms with Gasteiger partial charge in [-0.15, -0.1) is 0 Å². The molecule has 1 atom stereocenters. The van der Waals surface area contributed by atoms with Gasteiger partial charge in [-0.3, -0.25) is 19.7 Å². The van der Waals surface area contributed by atoms with Crippen molar-refractivity contribution < 1.29 is 24.4 Å². The molecule has 23 heavy (non-hydrogen) atoms. The number of hydrogen-bond donors (Lipinski definition) is 1. The van der Waals surface area contributed by atoms with E-state index in [1.807, 2.05) is 0 Å². The molecule has 0 saturated carbocycles. The lowest BCUT2D eigenvalue weighted by molar-refractivity contribution is -0.384.